The summed E-state index contributed by atoms with van der Waals surface area (Å²) in [7, 11) is 0. The summed E-state index contributed by atoms with van der Waals surface area (Å²) in [5.74, 6) is 2.73. The Labute approximate surface area is 122 Å². The molecule has 1 saturated heterocycles. The van der Waals surface area contributed by atoms with Crippen LogP contribution in [0.4, 0.5) is 17.6 Å². The second kappa shape index (κ2) is 7.92. The molecule has 1 aliphatic rings. The third kappa shape index (κ3) is 4.25. The van der Waals surface area contributed by atoms with Crippen LogP contribution < -0.4 is 15.5 Å². The largest absolute Gasteiger partial charge is 0.370 e. The van der Waals surface area contributed by atoms with Crippen LogP contribution >= 0.6 is 0 Å². The van der Waals surface area contributed by atoms with E-state index in [1.54, 1.807) is 0 Å². The van der Waals surface area contributed by atoms with Crippen molar-refractivity contribution in [1.29, 1.82) is 0 Å². The molecule has 0 atom stereocenters. The molecule has 112 valence electrons. The van der Waals surface area contributed by atoms with Gasteiger partial charge in [-0.15, -0.1) is 0 Å². The molecule has 2 rings (SSSR count). The van der Waals surface area contributed by atoms with Gasteiger partial charge < -0.3 is 15.5 Å². The molecule has 5 nitrogen and oxygen atoms in total. The average molecular weight is 277 g/mol. The lowest BCUT2D eigenvalue weighted by atomic mass is 10.1. The summed E-state index contributed by atoms with van der Waals surface area (Å²) in [6, 6.07) is 2.08. The van der Waals surface area contributed by atoms with Gasteiger partial charge in [0.05, 0.1) is 0 Å². The van der Waals surface area contributed by atoms with Crippen LogP contribution in [0.25, 0.3) is 0 Å². The van der Waals surface area contributed by atoms with Crippen molar-refractivity contribution < 1.29 is 0 Å². The summed E-state index contributed by atoms with van der Waals surface area (Å²) in [4.78, 5) is 11.6. The zero-order chi connectivity index (χ0) is 14.2. The highest BCUT2D eigenvalue weighted by Crippen LogP contribution is 2.22. The fourth-order valence-electron chi connectivity index (χ4n) is 2.38. The number of nitrogens with zero attached hydrogens (tertiary/aromatic N) is 3. The lowest BCUT2D eigenvalue weighted by molar-refractivity contribution is 0.573. The lowest BCUT2D eigenvalue weighted by Crippen LogP contribution is -2.30. The van der Waals surface area contributed by atoms with Gasteiger partial charge in [-0.3, -0.25) is 0 Å². The molecule has 5 heteroatoms. The Morgan fingerprint density at radius 1 is 1.00 bits per heavy atom. The summed E-state index contributed by atoms with van der Waals surface area (Å²) in [5, 5.41) is 6.67. The monoisotopic (exact) mass is 277 g/mol. The number of rotatable bonds is 7. The molecule has 0 bridgehead atoms. The summed E-state index contributed by atoms with van der Waals surface area (Å²) in [6.07, 6.45) is 6.04. The molecule has 0 aromatic carbocycles. The van der Waals surface area contributed by atoms with Crippen molar-refractivity contribution in [2.45, 2.75) is 46.0 Å². The Morgan fingerprint density at radius 3 is 2.40 bits per heavy atom. The molecule has 0 unspecified atom stereocenters. The van der Waals surface area contributed by atoms with Crippen molar-refractivity contribution in [2.75, 3.05) is 41.7 Å². The van der Waals surface area contributed by atoms with Gasteiger partial charge in [0.2, 0.25) is 5.95 Å². The van der Waals surface area contributed by atoms with Crippen LogP contribution in [0, 0.1) is 0 Å². The van der Waals surface area contributed by atoms with Crippen LogP contribution in [0.1, 0.15) is 46.0 Å². The Hall–Kier alpha value is -1.52. The van der Waals surface area contributed by atoms with E-state index in [0.717, 1.165) is 56.6 Å². The predicted molar refractivity (Wildman–Crippen MR) is 85.7 cm³/mol. The van der Waals surface area contributed by atoms with Crippen LogP contribution in [0.5, 0.6) is 0 Å². The Morgan fingerprint density at radius 2 is 1.70 bits per heavy atom. The maximum absolute atomic E-state index is 4.67. The molecule has 1 aromatic rings. The third-order valence-corrected chi connectivity index (χ3v) is 3.48. The zero-order valence-corrected chi connectivity index (χ0v) is 12.8. The van der Waals surface area contributed by atoms with Gasteiger partial charge in [-0.1, -0.05) is 13.8 Å². The maximum atomic E-state index is 4.67. The van der Waals surface area contributed by atoms with E-state index in [2.05, 4.69) is 45.4 Å². The molecule has 20 heavy (non-hydrogen) atoms. The van der Waals surface area contributed by atoms with Gasteiger partial charge in [0.25, 0.3) is 0 Å². The van der Waals surface area contributed by atoms with Crippen molar-refractivity contribution in [2.24, 2.45) is 0 Å². The Bertz CT molecular complexity index is 375. The van der Waals surface area contributed by atoms with Gasteiger partial charge in [0, 0.05) is 32.2 Å². The molecule has 2 heterocycles. The summed E-state index contributed by atoms with van der Waals surface area (Å²) in [5.41, 5.74) is 0. The number of piperidine rings is 1. The van der Waals surface area contributed by atoms with Crippen LogP contribution in [0.15, 0.2) is 6.07 Å². The SMILES string of the molecule is CCCNc1cc(N2CCCCC2)nc(NCCC)n1. The molecule has 1 fully saturated rings. The molecule has 0 spiro atoms. The van der Waals surface area contributed by atoms with Crippen molar-refractivity contribution in [3.63, 3.8) is 0 Å². The zero-order valence-electron chi connectivity index (χ0n) is 12.8. The van der Waals surface area contributed by atoms with Crippen molar-refractivity contribution in [3.8, 4) is 0 Å². The second-order valence-electron chi connectivity index (χ2n) is 5.34. The Kier molecular flexibility index (Phi) is 5.89. The van der Waals surface area contributed by atoms with E-state index in [4.69, 9.17) is 0 Å². The number of hydrogen-bond donors (Lipinski definition) is 2. The molecule has 2 N–H and O–H groups in total. The minimum atomic E-state index is 0.744. The van der Waals surface area contributed by atoms with Gasteiger partial charge in [-0.05, 0) is 32.1 Å². The normalized spacial score (nSPS) is 15.2. The van der Waals surface area contributed by atoms with E-state index in [-0.39, 0.29) is 0 Å². The molecule has 1 aromatic heterocycles. The van der Waals surface area contributed by atoms with Gasteiger partial charge in [0.1, 0.15) is 11.6 Å². The fourth-order valence-corrected chi connectivity index (χ4v) is 2.38. The first-order valence-electron chi connectivity index (χ1n) is 7.95. The smallest absolute Gasteiger partial charge is 0.226 e. The molecule has 1 aliphatic heterocycles. The van der Waals surface area contributed by atoms with Gasteiger partial charge in [-0.2, -0.15) is 9.97 Å². The minimum absolute atomic E-state index is 0.744. The first-order chi connectivity index (χ1) is 9.83. The van der Waals surface area contributed by atoms with Crippen LogP contribution in [0.2, 0.25) is 0 Å². The number of nitrogens with one attached hydrogen (secondary N) is 2. The fraction of sp³-hybridized carbons (Fsp3) is 0.733. The third-order valence-electron chi connectivity index (χ3n) is 3.48. The average Bonchev–Trinajstić information content (AvgIpc) is 2.51. The quantitative estimate of drug-likeness (QED) is 0.802. The topological polar surface area (TPSA) is 53.1 Å². The predicted octanol–water partition coefficient (Wildman–Crippen LogP) is 3.11. The summed E-state index contributed by atoms with van der Waals surface area (Å²) in [6.45, 7) is 8.39. The molecular formula is C15H27N5. The van der Waals surface area contributed by atoms with Crippen molar-refractivity contribution in [1.82, 2.24) is 9.97 Å². The van der Waals surface area contributed by atoms with Gasteiger partial charge >= 0.3 is 0 Å². The van der Waals surface area contributed by atoms with Crippen molar-refractivity contribution in [3.05, 3.63) is 6.07 Å². The van der Waals surface area contributed by atoms with E-state index in [1.807, 2.05) is 0 Å². The molecule has 0 amide bonds. The van der Waals surface area contributed by atoms with E-state index in [0.29, 0.717) is 0 Å². The lowest BCUT2D eigenvalue weighted by Gasteiger charge is -2.28. The van der Waals surface area contributed by atoms with Gasteiger partial charge in [-0.25, -0.2) is 0 Å². The minimum Gasteiger partial charge on any atom is -0.370 e. The van der Waals surface area contributed by atoms with Crippen LogP contribution in [-0.4, -0.2) is 36.1 Å². The first kappa shape index (κ1) is 14.9. The van der Waals surface area contributed by atoms with Gasteiger partial charge in [0.15, 0.2) is 0 Å². The highest BCUT2D eigenvalue weighted by Gasteiger charge is 2.14. The van der Waals surface area contributed by atoms with E-state index in [1.165, 1.54) is 19.3 Å². The number of hydrogen-bond acceptors (Lipinski definition) is 5. The van der Waals surface area contributed by atoms with E-state index in [9.17, 15) is 0 Å². The standard InChI is InChI=1S/C15H27N5/c1-3-8-16-13-12-14(20-10-6-5-7-11-20)19-15(18-13)17-9-4-2/h12H,3-11H2,1-2H3,(H2,16,17,18,19). The summed E-state index contributed by atoms with van der Waals surface area (Å²) < 4.78 is 0. The maximum Gasteiger partial charge on any atom is 0.226 e. The molecule has 0 radical (unpaired) electrons. The molecule has 0 saturated carbocycles. The highest BCUT2D eigenvalue weighted by molar-refractivity contribution is 5.53. The first-order valence-corrected chi connectivity index (χ1v) is 7.95. The number of aromatic nitrogens is 2. The molecular weight excluding hydrogens is 250 g/mol. The summed E-state index contributed by atoms with van der Waals surface area (Å²) >= 11 is 0. The van der Waals surface area contributed by atoms with Crippen molar-refractivity contribution >= 4 is 17.6 Å². The van der Waals surface area contributed by atoms with E-state index < -0.39 is 0 Å². The highest BCUT2D eigenvalue weighted by atomic mass is 15.2. The second-order valence-corrected chi connectivity index (χ2v) is 5.34. The Balaban J connectivity index is 2.14. The van der Waals surface area contributed by atoms with Crippen LogP contribution in [-0.2, 0) is 0 Å². The molecule has 0 aliphatic carbocycles. The number of anilines is 3. The van der Waals surface area contributed by atoms with Crippen LogP contribution in [0.3, 0.4) is 0 Å². The van der Waals surface area contributed by atoms with E-state index >= 15 is 0 Å².